The molecule has 1 saturated carbocycles. The van der Waals surface area contributed by atoms with Crippen molar-refractivity contribution in [1.29, 1.82) is 0 Å². The smallest absolute Gasteiger partial charge is 0.260 e. The molecule has 5 heteroatoms. The van der Waals surface area contributed by atoms with Crippen molar-refractivity contribution in [2.24, 2.45) is 5.92 Å². The number of fused-ring (bicyclic) bond motifs is 1. The molecule has 4 nitrogen and oxygen atoms in total. The highest BCUT2D eigenvalue weighted by Crippen LogP contribution is 2.44. The Morgan fingerprint density at radius 1 is 1.11 bits per heavy atom. The van der Waals surface area contributed by atoms with Crippen LogP contribution in [0.4, 0.5) is 0 Å². The van der Waals surface area contributed by atoms with Crippen molar-refractivity contribution in [3.05, 3.63) is 87.8 Å². The molecule has 1 N–H and O–H groups in total. The molecule has 0 aromatic heterocycles. The van der Waals surface area contributed by atoms with Crippen molar-refractivity contribution in [3.63, 3.8) is 0 Å². The summed E-state index contributed by atoms with van der Waals surface area (Å²) in [6.07, 6.45) is 12.8. The monoisotopic (exact) mass is 514 g/mol. The lowest BCUT2D eigenvalue weighted by molar-refractivity contribution is -0.133. The summed E-state index contributed by atoms with van der Waals surface area (Å²) in [5.41, 5.74) is 4.88. The highest BCUT2D eigenvalue weighted by Gasteiger charge is 2.44. The number of benzene rings is 2. The number of nitrogens with one attached hydrogen (secondary N) is 1. The largest absolute Gasteiger partial charge is 0.356 e. The van der Waals surface area contributed by atoms with E-state index in [1.54, 1.807) is 11.8 Å². The summed E-state index contributed by atoms with van der Waals surface area (Å²) in [7, 11) is 0. The Morgan fingerprint density at radius 3 is 2.76 bits per heavy atom. The third-order valence-electron chi connectivity index (χ3n) is 7.94. The Morgan fingerprint density at radius 2 is 1.97 bits per heavy atom. The summed E-state index contributed by atoms with van der Waals surface area (Å²) in [5.74, 6) is 0.213. The molecule has 0 radical (unpaired) electrons. The first-order valence-corrected chi connectivity index (χ1v) is 14.7. The van der Waals surface area contributed by atoms with Crippen molar-refractivity contribution >= 4 is 29.7 Å². The molecule has 1 heterocycles. The summed E-state index contributed by atoms with van der Waals surface area (Å²) >= 11 is 1.72. The van der Waals surface area contributed by atoms with Gasteiger partial charge in [-0.05, 0) is 75.5 Å². The van der Waals surface area contributed by atoms with Gasteiger partial charge in [0.25, 0.3) is 5.91 Å². The van der Waals surface area contributed by atoms with Gasteiger partial charge in [-0.15, -0.1) is 11.8 Å². The first-order chi connectivity index (χ1) is 18.1. The van der Waals surface area contributed by atoms with Crippen LogP contribution >= 0.6 is 11.8 Å². The Labute approximate surface area is 225 Å². The first-order valence-electron chi connectivity index (χ1n) is 13.8. The fraction of sp³-hybridized carbons (Fsp3) is 0.438. The number of carbonyl (C=O) groups excluding carboxylic acids is 2. The molecule has 1 saturated heterocycles. The fourth-order valence-electron chi connectivity index (χ4n) is 5.94. The van der Waals surface area contributed by atoms with Crippen LogP contribution in [0.1, 0.15) is 68.1 Å². The Kier molecular flexibility index (Phi) is 8.50. The molecule has 0 bridgehead atoms. The van der Waals surface area contributed by atoms with E-state index < -0.39 is 0 Å². The van der Waals surface area contributed by atoms with E-state index in [1.807, 2.05) is 36.4 Å². The lowest BCUT2D eigenvalue weighted by Gasteiger charge is -2.46. The molecule has 194 valence electrons. The number of thioether (sulfide) groups is 1. The van der Waals surface area contributed by atoms with Crippen LogP contribution in [0.15, 0.2) is 71.2 Å². The van der Waals surface area contributed by atoms with Gasteiger partial charge in [-0.2, -0.15) is 0 Å². The molecular formula is C32H38N2O2S. The fourth-order valence-corrected chi connectivity index (χ4v) is 7.36. The van der Waals surface area contributed by atoms with E-state index in [4.69, 9.17) is 0 Å². The summed E-state index contributed by atoms with van der Waals surface area (Å²) in [6, 6.07) is 18.6. The minimum absolute atomic E-state index is 0.0327. The lowest BCUT2D eigenvalue weighted by Crippen LogP contribution is -2.53. The van der Waals surface area contributed by atoms with Gasteiger partial charge in [-0.25, -0.2) is 0 Å². The van der Waals surface area contributed by atoms with Crippen molar-refractivity contribution in [1.82, 2.24) is 10.2 Å². The number of allylic oxidation sites excluding steroid dienone is 1. The van der Waals surface area contributed by atoms with Gasteiger partial charge in [-0.1, -0.05) is 71.8 Å². The third-order valence-corrected chi connectivity index (χ3v) is 9.34. The molecule has 5 rings (SSSR count). The number of hydrogen-bond donors (Lipinski definition) is 1. The highest BCUT2D eigenvalue weighted by molar-refractivity contribution is 8.04. The van der Waals surface area contributed by atoms with Crippen LogP contribution in [0.5, 0.6) is 0 Å². The van der Waals surface area contributed by atoms with E-state index in [-0.39, 0.29) is 23.8 Å². The molecule has 2 aromatic rings. The number of carbonyl (C=O) groups is 2. The number of aryl methyl sites for hydroxylation is 1. The van der Waals surface area contributed by atoms with Gasteiger partial charge in [0.1, 0.15) is 0 Å². The normalized spacial score (nSPS) is 24.9. The minimum atomic E-state index is -0.0327. The molecule has 3 aliphatic rings. The zero-order valence-electron chi connectivity index (χ0n) is 21.8. The standard InChI is InChI=1S/C32H38N2O2S/c1-23-9-8-14-26(19-23)22-34-28-21-27(31(35)33-18-17-24-10-4-2-5-11-24)15-16-29(28)37-30(32(34)36)20-25-12-6-3-7-13-25/h3,6-10,12-14,19-20,27-29H,2,4-5,11,15-18,21-22H2,1H3,(H,33,35)/b30-20-. The maximum atomic E-state index is 13.8. The van der Waals surface area contributed by atoms with Crippen LogP contribution in [-0.2, 0) is 16.1 Å². The molecule has 37 heavy (non-hydrogen) atoms. The lowest BCUT2D eigenvalue weighted by atomic mass is 9.83. The van der Waals surface area contributed by atoms with E-state index in [2.05, 4.69) is 47.5 Å². The Hall–Kier alpha value is -2.79. The maximum absolute atomic E-state index is 13.8. The number of nitrogens with zero attached hydrogens (tertiary/aromatic N) is 1. The van der Waals surface area contributed by atoms with Crippen molar-refractivity contribution in [2.75, 3.05) is 6.54 Å². The second-order valence-corrected chi connectivity index (χ2v) is 12.0. The van der Waals surface area contributed by atoms with Crippen LogP contribution in [-0.4, -0.2) is 34.6 Å². The van der Waals surface area contributed by atoms with E-state index in [0.29, 0.717) is 11.8 Å². The van der Waals surface area contributed by atoms with Gasteiger partial charge >= 0.3 is 0 Å². The average molecular weight is 515 g/mol. The van der Waals surface area contributed by atoms with Crippen molar-refractivity contribution < 1.29 is 9.59 Å². The van der Waals surface area contributed by atoms with E-state index in [0.717, 1.165) is 48.3 Å². The van der Waals surface area contributed by atoms with E-state index in [9.17, 15) is 9.59 Å². The molecule has 1 aliphatic heterocycles. The summed E-state index contributed by atoms with van der Waals surface area (Å²) in [4.78, 5) is 29.8. The molecule has 3 atom stereocenters. The maximum Gasteiger partial charge on any atom is 0.260 e. The molecule has 2 aliphatic carbocycles. The zero-order chi connectivity index (χ0) is 25.6. The van der Waals surface area contributed by atoms with Crippen molar-refractivity contribution in [2.45, 2.75) is 76.1 Å². The van der Waals surface area contributed by atoms with E-state index >= 15 is 0 Å². The predicted octanol–water partition coefficient (Wildman–Crippen LogP) is 6.66. The van der Waals surface area contributed by atoms with Crippen molar-refractivity contribution in [3.8, 4) is 0 Å². The quantitative estimate of drug-likeness (QED) is 0.332. The highest BCUT2D eigenvalue weighted by atomic mass is 32.2. The number of hydrogen-bond acceptors (Lipinski definition) is 3. The third kappa shape index (κ3) is 6.56. The first kappa shape index (κ1) is 25.8. The topological polar surface area (TPSA) is 49.4 Å². The molecule has 2 amide bonds. The van der Waals surface area contributed by atoms with Crippen LogP contribution in [0.2, 0.25) is 0 Å². The average Bonchev–Trinajstić information content (AvgIpc) is 2.92. The zero-order valence-corrected chi connectivity index (χ0v) is 22.6. The molecular weight excluding hydrogens is 476 g/mol. The SMILES string of the molecule is Cc1cccc(CN2C(=O)/C(=C/c3ccccc3)SC3CCC(C(=O)NCCC4=CCCCC4)CC32)c1. The van der Waals surface area contributed by atoms with Crippen LogP contribution < -0.4 is 5.32 Å². The van der Waals surface area contributed by atoms with Gasteiger partial charge in [0, 0.05) is 30.3 Å². The Balaban J connectivity index is 1.31. The summed E-state index contributed by atoms with van der Waals surface area (Å²) in [5, 5.41) is 3.53. The minimum Gasteiger partial charge on any atom is -0.356 e. The van der Waals surface area contributed by atoms with Gasteiger partial charge in [-0.3, -0.25) is 9.59 Å². The second-order valence-electron chi connectivity index (χ2n) is 10.7. The van der Waals surface area contributed by atoms with Gasteiger partial charge in [0.2, 0.25) is 5.91 Å². The summed E-state index contributed by atoms with van der Waals surface area (Å²) in [6.45, 7) is 3.39. The van der Waals surface area contributed by atoms with Gasteiger partial charge in [0.15, 0.2) is 0 Å². The molecule has 2 aromatic carbocycles. The molecule has 2 fully saturated rings. The molecule has 3 unspecified atom stereocenters. The molecule has 0 spiro atoms. The van der Waals surface area contributed by atoms with Crippen LogP contribution in [0, 0.1) is 12.8 Å². The van der Waals surface area contributed by atoms with Gasteiger partial charge in [0.05, 0.1) is 4.91 Å². The summed E-state index contributed by atoms with van der Waals surface area (Å²) < 4.78 is 0. The predicted molar refractivity (Wildman–Crippen MR) is 153 cm³/mol. The number of rotatable bonds is 7. The van der Waals surface area contributed by atoms with Gasteiger partial charge < -0.3 is 10.2 Å². The second kappa shape index (κ2) is 12.2. The van der Waals surface area contributed by atoms with Crippen LogP contribution in [0.3, 0.4) is 0 Å². The van der Waals surface area contributed by atoms with Crippen LogP contribution in [0.25, 0.3) is 6.08 Å². The Bertz CT molecular complexity index is 1170. The van der Waals surface area contributed by atoms with E-state index in [1.165, 1.54) is 36.8 Å². The number of amides is 2.